The van der Waals surface area contributed by atoms with Gasteiger partial charge in [0, 0.05) is 17.8 Å². The van der Waals surface area contributed by atoms with E-state index in [-0.39, 0.29) is 24.4 Å². The van der Waals surface area contributed by atoms with Crippen LogP contribution in [0.15, 0.2) is 48.5 Å². The molecule has 0 aliphatic carbocycles. The van der Waals surface area contributed by atoms with Crippen molar-refractivity contribution in [1.29, 1.82) is 5.26 Å². The van der Waals surface area contributed by atoms with Gasteiger partial charge in [-0.05, 0) is 35.9 Å². The number of halogens is 1. The number of hydrogen-bond acceptors (Lipinski definition) is 3. The summed E-state index contributed by atoms with van der Waals surface area (Å²) in [6.45, 7) is 0.233. The summed E-state index contributed by atoms with van der Waals surface area (Å²) in [6.07, 6.45) is -0.222. The quantitative estimate of drug-likeness (QED) is 0.890. The topological polar surface area (TPSA) is 82.0 Å². The lowest BCUT2D eigenvalue weighted by molar-refractivity contribution is -0.115. The molecule has 0 fully saturated rings. The number of anilines is 1. The SMILES string of the molecule is N#CCC(=O)Nc1cccc(CNC(=O)c2cccc(F)c2)c1. The molecular weight excluding hydrogens is 297 g/mol. The molecule has 0 aliphatic heterocycles. The van der Waals surface area contributed by atoms with Crippen LogP contribution in [0.5, 0.6) is 0 Å². The van der Waals surface area contributed by atoms with Gasteiger partial charge in [0.25, 0.3) is 5.91 Å². The van der Waals surface area contributed by atoms with Crippen LogP contribution in [0.4, 0.5) is 10.1 Å². The van der Waals surface area contributed by atoms with Gasteiger partial charge in [-0.1, -0.05) is 18.2 Å². The number of nitrogens with one attached hydrogen (secondary N) is 2. The minimum atomic E-state index is -0.472. The van der Waals surface area contributed by atoms with Crippen LogP contribution < -0.4 is 10.6 Å². The van der Waals surface area contributed by atoms with Crippen LogP contribution >= 0.6 is 0 Å². The first-order valence-corrected chi connectivity index (χ1v) is 6.88. The fourth-order valence-corrected chi connectivity index (χ4v) is 1.95. The van der Waals surface area contributed by atoms with E-state index in [1.54, 1.807) is 30.3 Å². The second kappa shape index (κ2) is 7.71. The minimum absolute atomic E-state index is 0.222. The molecule has 2 rings (SSSR count). The first kappa shape index (κ1) is 16.2. The van der Waals surface area contributed by atoms with Crippen molar-refractivity contribution < 1.29 is 14.0 Å². The summed E-state index contributed by atoms with van der Waals surface area (Å²) in [5, 5.41) is 13.7. The number of carbonyl (C=O) groups excluding carboxylic acids is 2. The second-order valence-electron chi connectivity index (χ2n) is 4.78. The van der Waals surface area contributed by atoms with Crippen molar-refractivity contribution in [2.45, 2.75) is 13.0 Å². The van der Waals surface area contributed by atoms with Gasteiger partial charge in [-0.15, -0.1) is 0 Å². The van der Waals surface area contributed by atoms with Crippen LogP contribution in [0.2, 0.25) is 0 Å². The second-order valence-corrected chi connectivity index (χ2v) is 4.78. The van der Waals surface area contributed by atoms with E-state index in [0.717, 1.165) is 11.6 Å². The average molecular weight is 311 g/mol. The van der Waals surface area contributed by atoms with Crippen molar-refractivity contribution in [3.8, 4) is 6.07 Å². The van der Waals surface area contributed by atoms with E-state index < -0.39 is 11.7 Å². The van der Waals surface area contributed by atoms with Gasteiger partial charge in [-0.3, -0.25) is 9.59 Å². The number of carbonyl (C=O) groups is 2. The summed E-state index contributed by atoms with van der Waals surface area (Å²) in [5.41, 5.74) is 1.55. The molecule has 0 aromatic heterocycles. The number of rotatable bonds is 5. The Morgan fingerprint density at radius 2 is 1.91 bits per heavy atom. The first-order valence-electron chi connectivity index (χ1n) is 6.88. The number of hydrogen-bond donors (Lipinski definition) is 2. The third-order valence-corrected chi connectivity index (χ3v) is 2.99. The van der Waals surface area contributed by atoms with E-state index in [2.05, 4.69) is 10.6 Å². The van der Waals surface area contributed by atoms with Crippen LogP contribution in [-0.4, -0.2) is 11.8 Å². The summed E-state index contributed by atoms with van der Waals surface area (Å²) >= 11 is 0. The molecule has 6 heteroatoms. The van der Waals surface area contributed by atoms with Crippen LogP contribution in [0.25, 0.3) is 0 Å². The van der Waals surface area contributed by atoms with Crippen molar-refractivity contribution in [3.05, 3.63) is 65.5 Å². The Kier molecular flexibility index (Phi) is 5.42. The van der Waals surface area contributed by atoms with Crippen LogP contribution in [-0.2, 0) is 11.3 Å². The third kappa shape index (κ3) is 4.93. The van der Waals surface area contributed by atoms with E-state index in [9.17, 15) is 14.0 Å². The highest BCUT2D eigenvalue weighted by Gasteiger charge is 2.07. The molecule has 5 nitrogen and oxygen atoms in total. The average Bonchev–Trinajstić information content (AvgIpc) is 2.53. The summed E-state index contributed by atoms with van der Waals surface area (Å²) in [7, 11) is 0. The summed E-state index contributed by atoms with van der Waals surface area (Å²) < 4.78 is 13.1. The Bertz CT molecular complexity index is 768. The zero-order valence-electron chi connectivity index (χ0n) is 12.2. The summed E-state index contributed by atoms with van der Waals surface area (Å²) in [5.74, 6) is -1.25. The van der Waals surface area contributed by atoms with Gasteiger partial charge in [0.2, 0.25) is 5.91 Å². The van der Waals surface area contributed by atoms with Gasteiger partial charge in [0.1, 0.15) is 12.2 Å². The van der Waals surface area contributed by atoms with Gasteiger partial charge in [-0.2, -0.15) is 5.26 Å². The Balaban J connectivity index is 1.97. The molecule has 2 aromatic rings. The predicted molar refractivity (Wildman–Crippen MR) is 82.9 cm³/mol. The molecule has 23 heavy (non-hydrogen) atoms. The molecule has 0 heterocycles. The molecule has 0 spiro atoms. The van der Waals surface area contributed by atoms with Crippen molar-refractivity contribution >= 4 is 17.5 Å². The maximum absolute atomic E-state index is 13.1. The lowest BCUT2D eigenvalue weighted by Crippen LogP contribution is -2.23. The largest absolute Gasteiger partial charge is 0.348 e. The van der Waals surface area contributed by atoms with Gasteiger partial charge in [0.05, 0.1) is 6.07 Å². The maximum atomic E-state index is 13.1. The lowest BCUT2D eigenvalue weighted by atomic mass is 10.1. The molecule has 116 valence electrons. The number of nitrogens with zero attached hydrogens (tertiary/aromatic N) is 1. The molecule has 2 N–H and O–H groups in total. The van der Waals surface area contributed by atoms with Crippen LogP contribution in [0.3, 0.4) is 0 Å². The highest BCUT2D eigenvalue weighted by Crippen LogP contribution is 2.11. The molecule has 0 unspecified atom stereocenters. The van der Waals surface area contributed by atoms with Gasteiger partial charge >= 0.3 is 0 Å². The van der Waals surface area contributed by atoms with E-state index in [0.29, 0.717) is 5.69 Å². The molecule has 2 aromatic carbocycles. The smallest absolute Gasteiger partial charge is 0.251 e. The van der Waals surface area contributed by atoms with Crippen LogP contribution in [0, 0.1) is 17.1 Å². The Labute approximate surface area is 132 Å². The Morgan fingerprint density at radius 1 is 1.13 bits per heavy atom. The Morgan fingerprint density at radius 3 is 2.65 bits per heavy atom. The van der Waals surface area contributed by atoms with E-state index in [4.69, 9.17) is 5.26 Å². The zero-order chi connectivity index (χ0) is 16.7. The normalized spacial score (nSPS) is 9.74. The van der Waals surface area contributed by atoms with Crippen molar-refractivity contribution in [2.75, 3.05) is 5.32 Å². The molecule has 0 atom stereocenters. The number of nitriles is 1. The highest BCUT2D eigenvalue weighted by molar-refractivity contribution is 5.94. The summed E-state index contributed by atoms with van der Waals surface area (Å²) in [4.78, 5) is 23.3. The molecule has 2 amide bonds. The minimum Gasteiger partial charge on any atom is -0.348 e. The van der Waals surface area contributed by atoms with Gasteiger partial charge in [-0.25, -0.2) is 4.39 Å². The van der Waals surface area contributed by atoms with Gasteiger partial charge in [0.15, 0.2) is 0 Å². The fourth-order valence-electron chi connectivity index (χ4n) is 1.95. The predicted octanol–water partition coefficient (Wildman–Crippen LogP) is 2.61. The molecule has 0 radical (unpaired) electrons. The summed E-state index contributed by atoms with van der Waals surface area (Å²) in [6, 6.07) is 14.1. The monoisotopic (exact) mass is 311 g/mol. The van der Waals surface area contributed by atoms with E-state index in [1.165, 1.54) is 18.2 Å². The van der Waals surface area contributed by atoms with Gasteiger partial charge < -0.3 is 10.6 Å². The van der Waals surface area contributed by atoms with Crippen molar-refractivity contribution in [1.82, 2.24) is 5.32 Å². The fraction of sp³-hybridized carbons (Fsp3) is 0.118. The van der Waals surface area contributed by atoms with Crippen molar-refractivity contribution in [3.63, 3.8) is 0 Å². The van der Waals surface area contributed by atoms with E-state index >= 15 is 0 Å². The molecule has 0 aliphatic rings. The van der Waals surface area contributed by atoms with Crippen molar-refractivity contribution in [2.24, 2.45) is 0 Å². The molecular formula is C17H14FN3O2. The molecule has 0 saturated heterocycles. The first-order chi connectivity index (χ1) is 11.1. The van der Waals surface area contributed by atoms with Crippen LogP contribution in [0.1, 0.15) is 22.3 Å². The molecule has 0 bridgehead atoms. The third-order valence-electron chi connectivity index (χ3n) is 2.99. The lowest BCUT2D eigenvalue weighted by Gasteiger charge is -2.08. The molecule has 0 saturated carbocycles. The number of amides is 2. The zero-order valence-corrected chi connectivity index (χ0v) is 12.2. The number of benzene rings is 2. The Hall–Kier alpha value is -3.20. The van der Waals surface area contributed by atoms with E-state index in [1.807, 2.05) is 0 Å². The maximum Gasteiger partial charge on any atom is 0.251 e. The highest BCUT2D eigenvalue weighted by atomic mass is 19.1. The standard InChI is InChI=1S/C17H14FN3O2/c18-14-5-2-4-13(10-14)17(23)20-11-12-3-1-6-15(9-12)21-16(22)7-8-19/h1-6,9-10H,7,11H2,(H,20,23)(H,21,22).